The summed E-state index contributed by atoms with van der Waals surface area (Å²) in [5.41, 5.74) is 5.84. The first-order valence-corrected chi connectivity index (χ1v) is 4.67. The van der Waals surface area contributed by atoms with E-state index in [0.29, 0.717) is 5.69 Å². The molecule has 0 aliphatic rings. The molecule has 0 amide bonds. The minimum absolute atomic E-state index is 0.115. The van der Waals surface area contributed by atoms with Crippen molar-refractivity contribution in [3.8, 4) is 5.75 Å². The number of nitrogen functional groups attached to an aromatic ring is 1. The van der Waals surface area contributed by atoms with Gasteiger partial charge in [0.2, 0.25) is 0 Å². The number of benzene rings is 1. The smallest absolute Gasteiger partial charge is 0.323 e. The number of phenolic OH excluding ortho intramolecular Hbond substituents is 1. The zero-order valence-corrected chi connectivity index (χ0v) is 8.83. The van der Waals surface area contributed by atoms with Gasteiger partial charge in [-0.3, -0.25) is 9.59 Å². The Morgan fingerprint density at radius 3 is 2.12 bits per heavy atom. The van der Waals surface area contributed by atoms with Crippen LogP contribution in [0.3, 0.4) is 0 Å². The Bertz CT molecular complexity index is 430. The van der Waals surface area contributed by atoms with Gasteiger partial charge in [-0.15, -0.1) is 0 Å². The topological polar surface area (TPSA) is 124 Å². The summed E-state index contributed by atoms with van der Waals surface area (Å²) >= 11 is 0. The van der Waals surface area contributed by atoms with Crippen molar-refractivity contribution >= 4 is 23.3 Å². The van der Waals surface area contributed by atoms with E-state index in [1.54, 1.807) is 0 Å². The van der Waals surface area contributed by atoms with E-state index < -0.39 is 25.0 Å². The molecule has 0 radical (unpaired) electrons. The van der Waals surface area contributed by atoms with Gasteiger partial charge in [-0.25, -0.2) is 0 Å². The first-order chi connectivity index (χ1) is 7.90. The number of phenols is 1. The number of hydrogen-bond acceptors (Lipinski definition) is 5. The molecule has 0 saturated heterocycles. The highest BCUT2D eigenvalue weighted by Gasteiger charge is 2.17. The standard InChI is InChI=1S/C10H12N2O5/c11-6-1-2-7(8(13)3-6)12(4-9(14)15)5-10(16)17/h1-3,13H,4-5,11H2,(H,14,15)(H,16,17). The number of aliphatic carboxylic acids is 2. The van der Waals surface area contributed by atoms with Gasteiger partial charge in [0, 0.05) is 11.8 Å². The van der Waals surface area contributed by atoms with Crippen LogP contribution < -0.4 is 10.6 Å². The molecule has 0 atom stereocenters. The predicted octanol–water partition coefficient (Wildman–Crippen LogP) is -0.0500. The fourth-order valence-corrected chi connectivity index (χ4v) is 1.36. The van der Waals surface area contributed by atoms with E-state index in [1.165, 1.54) is 18.2 Å². The molecule has 0 heterocycles. The van der Waals surface area contributed by atoms with Gasteiger partial charge in [-0.1, -0.05) is 0 Å². The lowest BCUT2D eigenvalue weighted by Crippen LogP contribution is -2.34. The SMILES string of the molecule is Nc1ccc(N(CC(=O)O)CC(=O)O)c(O)c1. The number of carboxylic acids is 2. The largest absolute Gasteiger partial charge is 0.506 e. The fourth-order valence-electron chi connectivity index (χ4n) is 1.36. The van der Waals surface area contributed by atoms with Crippen LogP contribution in [0.1, 0.15) is 0 Å². The maximum absolute atomic E-state index is 10.6. The molecule has 0 unspecified atom stereocenters. The third-order valence-electron chi connectivity index (χ3n) is 1.99. The summed E-state index contributed by atoms with van der Waals surface area (Å²) in [6.07, 6.45) is 0. The molecule has 0 aliphatic heterocycles. The second kappa shape index (κ2) is 5.06. The van der Waals surface area contributed by atoms with E-state index in [2.05, 4.69) is 0 Å². The second-order valence-corrected chi connectivity index (χ2v) is 3.39. The van der Waals surface area contributed by atoms with Crippen molar-refractivity contribution in [3.05, 3.63) is 18.2 Å². The number of rotatable bonds is 5. The summed E-state index contributed by atoms with van der Waals surface area (Å²) in [4.78, 5) is 22.2. The summed E-state index contributed by atoms with van der Waals surface area (Å²) in [6, 6.07) is 4.05. The Kier molecular flexibility index (Phi) is 3.76. The number of carboxylic acid groups (broad SMARTS) is 2. The van der Waals surface area contributed by atoms with Gasteiger partial charge in [0.1, 0.15) is 18.8 Å². The first-order valence-electron chi connectivity index (χ1n) is 4.67. The quantitative estimate of drug-likeness (QED) is 0.532. The normalized spacial score (nSPS) is 9.88. The van der Waals surface area contributed by atoms with E-state index in [0.717, 1.165) is 4.90 Å². The van der Waals surface area contributed by atoms with Gasteiger partial charge >= 0.3 is 11.9 Å². The van der Waals surface area contributed by atoms with Gasteiger partial charge in [-0.2, -0.15) is 0 Å². The van der Waals surface area contributed by atoms with Crippen molar-refractivity contribution in [2.75, 3.05) is 23.7 Å². The van der Waals surface area contributed by atoms with Gasteiger partial charge < -0.3 is 26.0 Å². The number of hydrogen-bond donors (Lipinski definition) is 4. The minimum Gasteiger partial charge on any atom is -0.506 e. The molecular formula is C10H12N2O5. The minimum atomic E-state index is -1.19. The van der Waals surface area contributed by atoms with Crippen LogP contribution in [0, 0.1) is 0 Å². The highest BCUT2D eigenvalue weighted by atomic mass is 16.4. The number of nitrogens with two attached hydrogens (primary N) is 1. The first kappa shape index (κ1) is 12.6. The molecule has 5 N–H and O–H groups in total. The lowest BCUT2D eigenvalue weighted by atomic mass is 10.2. The monoisotopic (exact) mass is 240 g/mol. The van der Waals surface area contributed by atoms with Crippen LogP contribution in [0.4, 0.5) is 11.4 Å². The average molecular weight is 240 g/mol. The van der Waals surface area contributed by atoms with E-state index >= 15 is 0 Å². The van der Waals surface area contributed by atoms with Crippen LogP contribution in [0.5, 0.6) is 5.75 Å². The summed E-state index contributed by atoms with van der Waals surface area (Å²) in [6.45, 7) is -1.05. The maximum atomic E-state index is 10.6. The molecule has 0 aromatic heterocycles. The molecule has 0 saturated carbocycles. The van der Waals surface area contributed by atoms with Crippen LogP contribution >= 0.6 is 0 Å². The zero-order valence-electron chi connectivity index (χ0n) is 8.83. The van der Waals surface area contributed by atoms with Gasteiger partial charge in [-0.05, 0) is 12.1 Å². The molecule has 0 spiro atoms. The van der Waals surface area contributed by atoms with E-state index in [4.69, 9.17) is 15.9 Å². The Hall–Kier alpha value is -2.44. The van der Waals surface area contributed by atoms with Crippen LogP contribution in [0.2, 0.25) is 0 Å². The molecule has 92 valence electrons. The molecule has 0 aliphatic carbocycles. The number of carbonyl (C=O) groups is 2. The third kappa shape index (κ3) is 3.56. The zero-order chi connectivity index (χ0) is 13.0. The van der Waals surface area contributed by atoms with Gasteiger partial charge in [0.05, 0.1) is 5.69 Å². The van der Waals surface area contributed by atoms with Crippen molar-refractivity contribution in [2.45, 2.75) is 0 Å². The summed E-state index contributed by atoms with van der Waals surface area (Å²) in [7, 11) is 0. The van der Waals surface area contributed by atoms with Gasteiger partial charge in [0.25, 0.3) is 0 Å². The summed E-state index contributed by atoms with van der Waals surface area (Å²) in [5, 5.41) is 26.9. The van der Waals surface area contributed by atoms with Crippen LogP contribution in [-0.4, -0.2) is 40.3 Å². The van der Waals surface area contributed by atoms with E-state index in [-0.39, 0.29) is 11.4 Å². The highest BCUT2D eigenvalue weighted by Crippen LogP contribution is 2.28. The lowest BCUT2D eigenvalue weighted by Gasteiger charge is -2.21. The lowest BCUT2D eigenvalue weighted by molar-refractivity contribution is -0.136. The summed E-state index contributed by atoms with van der Waals surface area (Å²) in [5.74, 6) is -2.64. The molecule has 0 bridgehead atoms. The van der Waals surface area contributed by atoms with Crippen molar-refractivity contribution in [1.29, 1.82) is 0 Å². The molecule has 0 fully saturated rings. The van der Waals surface area contributed by atoms with Crippen molar-refractivity contribution in [1.82, 2.24) is 0 Å². The van der Waals surface area contributed by atoms with Crippen LogP contribution in [-0.2, 0) is 9.59 Å². The maximum Gasteiger partial charge on any atom is 0.323 e. The third-order valence-corrected chi connectivity index (χ3v) is 1.99. The fraction of sp³-hybridized carbons (Fsp3) is 0.200. The Morgan fingerprint density at radius 1 is 1.18 bits per heavy atom. The van der Waals surface area contributed by atoms with E-state index in [1.807, 2.05) is 0 Å². The molecule has 17 heavy (non-hydrogen) atoms. The van der Waals surface area contributed by atoms with Crippen molar-refractivity contribution in [2.24, 2.45) is 0 Å². The second-order valence-electron chi connectivity index (χ2n) is 3.39. The number of anilines is 2. The van der Waals surface area contributed by atoms with Crippen molar-refractivity contribution < 1.29 is 24.9 Å². The molecule has 7 heteroatoms. The molecular weight excluding hydrogens is 228 g/mol. The van der Waals surface area contributed by atoms with Gasteiger partial charge in [0.15, 0.2) is 0 Å². The molecule has 1 rings (SSSR count). The highest BCUT2D eigenvalue weighted by molar-refractivity contribution is 5.81. The van der Waals surface area contributed by atoms with Crippen LogP contribution in [0.25, 0.3) is 0 Å². The molecule has 7 nitrogen and oxygen atoms in total. The van der Waals surface area contributed by atoms with Crippen LogP contribution in [0.15, 0.2) is 18.2 Å². The predicted molar refractivity (Wildman–Crippen MR) is 60.0 cm³/mol. The average Bonchev–Trinajstić information content (AvgIpc) is 2.14. The van der Waals surface area contributed by atoms with E-state index in [9.17, 15) is 14.7 Å². The number of aromatic hydroxyl groups is 1. The Labute approximate surface area is 96.7 Å². The Balaban J connectivity index is 3.02. The Morgan fingerprint density at radius 2 is 1.71 bits per heavy atom. The van der Waals surface area contributed by atoms with Crippen molar-refractivity contribution in [3.63, 3.8) is 0 Å². The number of nitrogens with zero attached hydrogens (tertiary/aromatic N) is 1. The summed E-state index contributed by atoms with van der Waals surface area (Å²) < 4.78 is 0. The molecule has 1 aromatic carbocycles. The molecule has 1 aromatic rings.